The Morgan fingerprint density at radius 1 is 1.47 bits per heavy atom. The van der Waals surface area contributed by atoms with E-state index in [1.54, 1.807) is 0 Å². The molecule has 1 fully saturated rings. The number of nitrogens with two attached hydrogens (primary N) is 1. The summed E-state index contributed by atoms with van der Waals surface area (Å²) in [5.74, 6) is 0.697. The maximum Gasteiger partial charge on any atom is 0.0577 e. The average Bonchev–Trinajstić information content (AvgIpc) is 2.29. The first-order valence-electron chi connectivity index (χ1n) is 5.99. The van der Waals surface area contributed by atoms with E-state index < -0.39 is 0 Å². The molecule has 0 aromatic rings. The van der Waals surface area contributed by atoms with Crippen LogP contribution in [0.1, 0.15) is 25.7 Å². The summed E-state index contributed by atoms with van der Waals surface area (Å²) in [5, 5.41) is 3.38. The van der Waals surface area contributed by atoms with Crippen LogP contribution in [-0.4, -0.2) is 32.3 Å². The highest BCUT2D eigenvalue weighted by atomic mass is 16.5. The van der Waals surface area contributed by atoms with E-state index in [2.05, 4.69) is 11.4 Å². The molecule has 1 aliphatic heterocycles. The van der Waals surface area contributed by atoms with Gasteiger partial charge in [-0.2, -0.15) is 0 Å². The van der Waals surface area contributed by atoms with Crippen LogP contribution in [0, 0.1) is 5.92 Å². The molecule has 0 spiro atoms. The highest BCUT2D eigenvalue weighted by molar-refractivity contribution is 5.16. The number of hydrogen-bond acceptors (Lipinski definition) is 3. The highest BCUT2D eigenvalue weighted by Crippen LogP contribution is 2.31. The second-order valence-corrected chi connectivity index (χ2v) is 4.76. The van der Waals surface area contributed by atoms with Crippen molar-refractivity contribution >= 4 is 0 Å². The fourth-order valence-corrected chi connectivity index (χ4v) is 2.75. The molecule has 1 saturated carbocycles. The van der Waals surface area contributed by atoms with Gasteiger partial charge in [-0.25, -0.2) is 0 Å². The van der Waals surface area contributed by atoms with Gasteiger partial charge in [0.2, 0.25) is 0 Å². The monoisotopic (exact) mass is 210 g/mol. The topological polar surface area (TPSA) is 47.3 Å². The lowest BCUT2D eigenvalue weighted by atomic mass is 9.81. The van der Waals surface area contributed by atoms with E-state index >= 15 is 0 Å². The molecule has 2 rings (SSSR count). The third kappa shape index (κ3) is 2.80. The lowest BCUT2D eigenvalue weighted by Crippen LogP contribution is -2.40. The minimum atomic E-state index is 0.205. The Morgan fingerprint density at radius 2 is 2.33 bits per heavy atom. The van der Waals surface area contributed by atoms with Gasteiger partial charge in [-0.3, -0.25) is 0 Å². The molecular weight excluding hydrogens is 188 g/mol. The first kappa shape index (κ1) is 11.1. The second-order valence-electron chi connectivity index (χ2n) is 4.76. The van der Waals surface area contributed by atoms with Crippen molar-refractivity contribution < 1.29 is 4.74 Å². The van der Waals surface area contributed by atoms with Gasteiger partial charge >= 0.3 is 0 Å². The van der Waals surface area contributed by atoms with Crippen molar-refractivity contribution in [2.45, 2.75) is 37.8 Å². The van der Waals surface area contributed by atoms with E-state index in [9.17, 15) is 0 Å². The maximum atomic E-state index is 5.93. The predicted octanol–water partition coefficient (Wildman–Crippen LogP) is 1.05. The molecule has 3 unspecified atom stereocenters. The number of methoxy groups -OCH3 is 1. The minimum absolute atomic E-state index is 0.205. The fourth-order valence-electron chi connectivity index (χ4n) is 2.75. The van der Waals surface area contributed by atoms with Crippen LogP contribution in [-0.2, 0) is 4.74 Å². The molecule has 0 amide bonds. The summed E-state index contributed by atoms with van der Waals surface area (Å²) in [6.07, 6.45) is 7.72. The zero-order chi connectivity index (χ0) is 10.7. The van der Waals surface area contributed by atoms with Crippen LogP contribution >= 0.6 is 0 Å². The molecule has 0 aromatic carbocycles. The van der Waals surface area contributed by atoms with Crippen molar-refractivity contribution in [3.63, 3.8) is 0 Å². The van der Waals surface area contributed by atoms with Crippen LogP contribution in [0.3, 0.4) is 0 Å². The normalized spacial score (nSPS) is 37.5. The molecule has 0 saturated heterocycles. The Morgan fingerprint density at radius 3 is 3.07 bits per heavy atom. The van der Waals surface area contributed by atoms with E-state index in [1.807, 2.05) is 7.11 Å². The second kappa shape index (κ2) is 5.10. The molecule has 15 heavy (non-hydrogen) atoms. The third-order valence-electron chi connectivity index (χ3n) is 3.62. The van der Waals surface area contributed by atoms with Crippen molar-refractivity contribution in [3.8, 4) is 0 Å². The van der Waals surface area contributed by atoms with E-state index in [-0.39, 0.29) is 6.04 Å². The Hall–Kier alpha value is -0.380. The zero-order valence-corrected chi connectivity index (χ0v) is 9.54. The molecule has 1 heterocycles. The molecule has 3 nitrogen and oxygen atoms in total. The summed E-state index contributed by atoms with van der Waals surface area (Å²) in [6.45, 7) is 1.94. The molecule has 0 aromatic heterocycles. The summed E-state index contributed by atoms with van der Waals surface area (Å²) in [6, 6.07) is 0.205. The van der Waals surface area contributed by atoms with E-state index in [0.717, 1.165) is 13.1 Å². The molecular formula is C12H22N2O. The van der Waals surface area contributed by atoms with Crippen molar-refractivity contribution in [3.05, 3.63) is 11.6 Å². The van der Waals surface area contributed by atoms with Gasteiger partial charge in [0.05, 0.1) is 6.10 Å². The number of ether oxygens (including phenoxy) is 1. The largest absolute Gasteiger partial charge is 0.381 e. The SMILES string of the molecule is COC1CCCC(C2=CC(N)CNC2)C1. The summed E-state index contributed by atoms with van der Waals surface area (Å²) in [4.78, 5) is 0. The van der Waals surface area contributed by atoms with Crippen LogP contribution in [0.4, 0.5) is 0 Å². The summed E-state index contributed by atoms with van der Waals surface area (Å²) < 4.78 is 5.46. The van der Waals surface area contributed by atoms with Crippen LogP contribution < -0.4 is 11.1 Å². The Kier molecular flexibility index (Phi) is 3.78. The van der Waals surface area contributed by atoms with Crippen molar-refractivity contribution in [1.82, 2.24) is 5.32 Å². The fraction of sp³-hybridized carbons (Fsp3) is 0.833. The van der Waals surface area contributed by atoms with E-state index in [4.69, 9.17) is 10.5 Å². The van der Waals surface area contributed by atoms with Gasteiger partial charge in [0.25, 0.3) is 0 Å². The van der Waals surface area contributed by atoms with E-state index in [0.29, 0.717) is 12.0 Å². The van der Waals surface area contributed by atoms with Crippen LogP contribution in [0.15, 0.2) is 11.6 Å². The van der Waals surface area contributed by atoms with Crippen molar-refractivity contribution in [2.24, 2.45) is 11.7 Å². The molecule has 2 aliphatic rings. The molecule has 3 atom stereocenters. The van der Waals surface area contributed by atoms with Gasteiger partial charge in [0.1, 0.15) is 0 Å². The lowest BCUT2D eigenvalue weighted by molar-refractivity contribution is 0.0565. The average molecular weight is 210 g/mol. The Bertz CT molecular complexity index is 240. The smallest absolute Gasteiger partial charge is 0.0577 e. The van der Waals surface area contributed by atoms with Crippen LogP contribution in [0.2, 0.25) is 0 Å². The first-order chi connectivity index (χ1) is 7.29. The van der Waals surface area contributed by atoms with Crippen molar-refractivity contribution in [2.75, 3.05) is 20.2 Å². The van der Waals surface area contributed by atoms with Gasteiger partial charge in [-0.05, 0) is 25.2 Å². The third-order valence-corrected chi connectivity index (χ3v) is 3.62. The molecule has 86 valence electrons. The van der Waals surface area contributed by atoms with Gasteiger partial charge in [0, 0.05) is 26.2 Å². The van der Waals surface area contributed by atoms with Crippen molar-refractivity contribution in [1.29, 1.82) is 0 Å². The summed E-state index contributed by atoms with van der Waals surface area (Å²) in [5.41, 5.74) is 7.44. The van der Waals surface area contributed by atoms with E-state index in [1.165, 1.54) is 31.3 Å². The first-order valence-corrected chi connectivity index (χ1v) is 5.99. The molecule has 3 N–H and O–H groups in total. The molecule has 0 radical (unpaired) electrons. The van der Waals surface area contributed by atoms with Gasteiger partial charge in [-0.15, -0.1) is 0 Å². The quantitative estimate of drug-likeness (QED) is 0.670. The number of hydrogen-bond donors (Lipinski definition) is 2. The number of nitrogens with one attached hydrogen (secondary N) is 1. The maximum absolute atomic E-state index is 5.93. The standard InChI is InChI=1S/C12H22N2O/c1-15-12-4-2-3-9(6-12)10-5-11(13)8-14-7-10/h5,9,11-12,14H,2-4,6-8,13H2,1H3. The van der Waals surface area contributed by atoms with Crippen LogP contribution in [0.5, 0.6) is 0 Å². The summed E-state index contributed by atoms with van der Waals surface area (Å²) >= 11 is 0. The number of rotatable bonds is 2. The van der Waals surface area contributed by atoms with Crippen LogP contribution in [0.25, 0.3) is 0 Å². The van der Waals surface area contributed by atoms with Gasteiger partial charge < -0.3 is 15.8 Å². The zero-order valence-electron chi connectivity index (χ0n) is 9.54. The Balaban J connectivity index is 1.97. The summed E-state index contributed by atoms with van der Waals surface area (Å²) in [7, 11) is 1.83. The Labute approximate surface area is 92.1 Å². The van der Waals surface area contributed by atoms with Gasteiger partial charge in [0.15, 0.2) is 0 Å². The lowest BCUT2D eigenvalue weighted by Gasteiger charge is -2.32. The highest BCUT2D eigenvalue weighted by Gasteiger charge is 2.25. The predicted molar refractivity (Wildman–Crippen MR) is 61.7 cm³/mol. The minimum Gasteiger partial charge on any atom is -0.381 e. The molecule has 3 heteroatoms. The molecule has 0 bridgehead atoms. The molecule has 1 aliphatic carbocycles. The van der Waals surface area contributed by atoms with Gasteiger partial charge in [-0.1, -0.05) is 18.1 Å².